The van der Waals surface area contributed by atoms with E-state index < -0.39 is 17.5 Å². The van der Waals surface area contributed by atoms with Crippen LogP contribution >= 0.6 is 0 Å². The average Bonchev–Trinajstić information content (AvgIpc) is 2.46. The third-order valence-electron chi connectivity index (χ3n) is 3.98. The Morgan fingerprint density at radius 1 is 1.32 bits per heavy atom. The van der Waals surface area contributed by atoms with Gasteiger partial charge < -0.3 is 14.6 Å². The van der Waals surface area contributed by atoms with E-state index in [1.807, 2.05) is 30.3 Å². The fourth-order valence-electron chi connectivity index (χ4n) is 3.00. The van der Waals surface area contributed by atoms with Crippen molar-refractivity contribution in [2.24, 2.45) is 5.92 Å². The largest absolute Gasteiger partial charge is 0.463 e. The number of ether oxygens (including phenoxy) is 2. The summed E-state index contributed by atoms with van der Waals surface area (Å²) in [6.45, 7) is 2.05. The molecule has 0 amide bonds. The number of benzene rings is 1. The van der Waals surface area contributed by atoms with Crippen LogP contribution in [-0.4, -0.2) is 42.8 Å². The van der Waals surface area contributed by atoms with E-state index in [1.165, 1.54) is 7.11 Å². The van der Waals surface area contributed by atoms with E-state index in [-0.39, 0.29) is 24.7 Å². The number of carbonyl (C=O) groups excluding carboxylic acids is 2. The second kappa shape index (κ2) is 7.03. The summed E-state index contributed by atoms with van der Waals surface area (Å²) < 4.78 is 9.99. The number of rotatable bonds is 5. The van der Waals surface area contributed by atoms with Crippen LogP contribution in [0.5, 0.6) is 0 Å². The molecule has 3 atom stereocenters. The fourth-order valence-corrected chi connectivity index (χ4v) is 3.00. The highest BCUT2D eigenvalue weighted by molar-refractivity contribution is 6.01. The summed E-state index contributed by atoms with van der Waals surface area (Å²) >= 11 is 0. The molecule has 1 aromatic rings. The minimum absolute atomic E-state index is 0.0274. The lowest BCUT2D eigenvalue weighted by Crippen LogP contribution is -2.45. The first-order chi connectivity index (χ1) is 10.4. The van der Waals surface area contributed by atoms with Crippen molar-refractivity contribution in [1.82, 2.24) is 0 Å². The quantitative estimate of drug-likeness (QED) is 0.509. The molecule has 1 aliphatic rings. The van der Waals surface area contributed by atoms with E-state index in [0.29, 0.717) is 13.0 Å². The maximum Gasteiger partial charge on any atom is 0.317 e. The number of esters is 1. The highest BCUT2D eigenvalue weighted by Gasteiger charge is 2.46. The summed E-state index contributed by atoms with van der Waals surface area (Å²) in [4.78, 5) is 24.7. The molecule has 1 aliphatic carbocycles. The van der Waals surface area contributed by atoms with Gasteiger partial charge >= 0.3 is 5.97 Å². The molecule has 0 radical (unpaired) electrons. The van der Waals surface area contributed by atoms with Crippen LogP contribution in [0.1, 0.15) is 31.2 Å². The minimum atomic E-state index is -1.10. The first kappa shape index (κ1) is 16.6. The minimum Gasteiger partial charge on any atom is -0.463 e. The molecule has 120 valence electrons. The van der Waals surface area contributed by atoms with Crippen molar-refractivity contribution in [3.63, 3.8) is 0 Å². The summed E-state index contributed by atoms with van der Waals surface area (Å²) in [5.41, 5.74) is -0.231. The highest BCUT2D eigenvalue weighted by Crippen LogP contribution is 2.41. The van der Waals surface area contributed by atoms with E-state index in [0.717, 1.165) is 5.56 Å². The zero-order chi connectivity index (χ0) is 16.2. The molecule has 3 unspecified atom stereocenters. The van der Waals surface area contributed by atoms with Gasteiger partial charge in [-0.05, 0) is 18.9 Å². The van der Waals surface area contributed by atoms with Gasteiger partial charge in [0.15, 0.2) is 5.78 Å². The Labute approximate surface area is 130 Å². The summed E-state index contributed by atoms with van der Waals surface area (Å²) in [6.07, 6.45) is 0.327. The van der Waals surface area contributed by atoms with Gasteiger partial charge in [-0.25, -0.2) is 0 Å². The highest BCUT2D eigenvalue weighted by atomic mass is 16.6. The maximum absolute atomic E-state index is 12.4. The van der Waals surface area contributed by atoms with Gasteiger partial charge in [0.25, 0.3) is 0 Å². The Hall–Kier alpha value is -1.72. The van der Waals surface area contributed by atoms with Crippen LogP contribution in [0.3, 0.4) is 0 Å². The van der Waals surface area contributed by atoms with Gasteiger partial charge in [0.05, 0.1) is 12.2 Å². The van der Waals surface area contributed by atoms with Crippen LogP contribution in [0.15, 0.2) is 30.3 Å². The SMILES string of the molecule is COCCOC(=O)C1C(=O)CC(C)(O)CC1c1ccccc1. The van der Waals surface area contributed by atoms with E-state index in [4.69, 9.17) is 9.47 Å². The molecular formula is C17H22O5. The van der Waals surface area contributed by atoms with Gasteiger partial charge in [-0.2, -0.15) is 0 Å². The van der Waals surface area contributed by atoms with Crippen molar-refractivity contribution in [2.75, 3.05) is 20.3 Å². The van der Waals surface area contributed by atoms with Crippen molar-refractivity contribution in [1.29, 1.82) is 0 Å². The predicted octanol–water partition coefficient (Wildman–Crippen LogP) is 1.69. The first-order valence-corrected chi connectivity index (χ1v) is 7.40. The van der Waals surface area contributed by atoms with Crippen LogP contribution in [0, 0.1) is 5.92 Å². The van der Waals surface area contributed by atoms with E-state index >= 15 is 0 Å². The summed E-state index contributed by atoms with van der Waals surface area (Å²) in [5.74, 6) is -2.04. The van der Waals surface area contributed by atoms with Crippen molar-refractivity contribution in [2.45, 2.75) is 31.3 Å². The topological polar surface area (TPSA) is 72.8 Å². The Balaban J connectivity index is 2.23. The Bertz CT molecular complexity index is 523. The molecule has 0 spiro atoms. The molecule has 1 fully saturated rings. The lowest BCUT2D eigenvalue weighted by atomic mass is 9.69. The Kier molecular flexibility index (Phi) is 5.32. The lowest BCUT2D eigenvalue weighted by molar-refractivity contribution is -0.158. The van der Waals surface area contributed by atoms with Gasteiger partial charge in [0.1, 0.15) is 12.5 Å². The van der Waals surface area contributed by atoms with Crippen LogP contribution in [0.4, 0.5) is 0 Å². The Morgan fingerprint density at radius 3 is 2.64 bits per heavy atom. The number of ketones is 1. The van der Waals surface area contributed by atoms with Gasteiger partial charge in [-0.15, -0.1) is 0 Å². The van der Waals surface area contributed by atoms with Crippen LogP contribution < -0.4 is 0 Å². The maximum atomic E-state index is 12.4. The zero-order valence-corrected chi connectivity index (χ0v) is 13.0. The molecule has 1 saturated carbocycles. The number of hydrogen-bond donors (Lipinski definition) is 1. The number of aliphatic hydroxyl groups is 1. The Morgan fingerprint density at radius 2 is 2.00 bits per heavy atom. The molecule has 22 heavy (non-hydrogen) atoms. The number of Topliss-reactive ketones (excluding diaryl/α,β-unsaturated/α-hetero) is 1. The third kappa shape index (κ3) is 3.93. The molecule has 5 nitrogen and oxygen atoms in total. The first-order valence-electron chi connectivity index (χ1n) is 7.40. The van der Waals surface area contributed by atoms with Crippen molar-refractivity contribution in [3.05, 3.63) is 35.9 Å². The third-order valence-corrected chi connectivity index (χ3v) is 3.98. The molecule has 0 aliphatic heterocycles. The molecular weight excluding hydrogens is 284 g/mol. The lowest BCUT2D eigenvalue weighted by Gasteiger charge is -2.37. The van der Waals surface area contributed by atoms with Gasteiger partial charge in [0, 0.05) is 19.4 Å². The molecule has 1 N–H and O–H groups in total. The summed E-state index contributed by atoms with van der Waals surface area (Å²) in [6, 6.07) is 9.33. The van der Waals surface area contributed by atoms with Crippen LogP contribution in [0.2, 0.25) is 0 Å². The van der Waals surface area contributed by atoms with E-state index in [9.17, 15) is 14.7 Å². The monoisotopic (exact) mass is 306 g/mol. The second-order valence-corrected chi connectivity index (χ2v) is 6.00. The van der Waals surface area contributed by atoms with Crippen LogP contribution in [0.25, 0.3) is 0 Å². The molecule has 5 heteroatoms. The van der Waals surface area contributed by atoms with Gasteiger partial charge in [-0.3, -0.25) is 9.59 Å². The molecule has 0 saturated heterocycles. The molecule has 1 aromatic carbocycles. The average molecular weight is 306 g/mol. The fraction of sp³-hybridized carbons (Fsp3) is 0.529. The van der Waals surface area contributed by atoms with Crippen molar-refractivity contribution in [3.8, 4) is 0 Å². The van der Waals surface area contributed by atoms with Gasteiger partial charge in [0.2, 0.25) is 0 Å². The molecule has 0 heterocycles. The number of hydrogen-bond acceptors (Lipinski definition) is 5. The van der Waals surface area contributed by atoms with E-state index in [1.54, 1.807) is 6.92 Å². The van der Waals surface area contributed by atoms with Crippen molar-refractivity contribution < 1.29 is 24.2 Å². The van der Waals surface area contributed by atoms with Crippen molar-refractivity contribution >= 4 is 11.8 Å². The number of methoxy groups -OCH3 is 1. The second-order valence-electron chi connectivity index (χ2n) is 6.00. The molecule has 2 rings (SSSR count). The smallest absolute Gasteiger partial charge is 0.317 e. The summed E-state index contributed by atoms with van der Waals surface area (Å²) in [5, 5.41) is 10.3. The van der Waals surface area contributed by atoms with Gasteiger partial charge in [-0.1, -0.05) is 30.3 Å². The summed E-state index contributed by atoms with van der Waals surface area (Å²) in [7, 11) is 1.52. The standard InChI is InChI=1S/C17H22O5/c1-17(20)10-13(12-6-4-3-5-7-12)15(14(18)11-17)16(19)22-9-8-21-2/h3-7,13,15,20H,8-11H2,1-2H3. The molecule has 0 aromatic heterocycles. The molecule has 0 bridgehead atoms. The predicted molar refractivity (Wildman–Crippen MR) is 80.4 cm³/mol. The van der Waals surface area contributed by atoms with Crippen LogP contribution in [-0.2, 0) is 19.1 Å². The normalized spacial score (nSPS) is 28.4. The zero-order valence-electron chi connectivity index (χ0n) is 13.0. The van der Waals surface area contributed by atoms with E-state index in [2.05, 4.69) is 0 Å². The number of carbonyl (C=O) groups is 2.